The number of halogens is 1. The van der Waals surface area contributed by atoms with Gasteiger partial charge in [-0.05, 0) is 37.1 Å². The summed E-state index contributed by atoms with van der Waals surface area (Å²) in [6.45, 7) is 4.00. The van der Waals surface area contributed by atoms with Crippen molar-refractivity contribution in [3.05, 3.63) is 64.2 Å². The molecular weight excluding hydrogens is 326 g/mol. The first-order valence-corrected chi connectivity index (χ1v) is 7.85. The average Bonchev–Trinajstić information content (AvgIpc) is 2.99. The van der Waals surface area contributed by atoms with Crippen molar-refractivity contribution in [3.8, 4) is 11.5 Å². The Bertz CT molecular complexity index is 889. The fourth-order valence-corrected chi connectivity index (χ4v) is 2.61. The van der Waals surface area contributed by atoms with Gasteiger partial charge in [-0.15, -0.1) is 5.10 Å². The van der Waals surface area contributed by atoms with Crippen LogP contribution >= 0.6 is 11.6 Å². The quantitative estimate of drug-likeness (QED) is 0.772. The first-order chi connectivity index (χ1) is 11.5. The lowest BCUT2D eigenvalue weighted by molar-refractivity contribution is -0.115. The van der Waals surface area contributed by atoms with Crippen LogP contribution in [0.5, 0.6) is 0 Å². The lowest BCUT2D eigenvalue weighted by Gasteiger charge is -2.06. The van der Waals surface area contributed by atoms with E-state index in [0.717, 1.165) is 16.7 Å². The van der Waals surface area contributed by atoms with Crippen LogP contribution in [-0.2, 0) is 11.2 Å². The summed E-state index contributed by atoms with van der Waals surface area (Å²) >= 11 is 6.10. The highest BCUT2D eigenvalue weighted by Gasteiger charge is 2.14. The third kappa shape index (κ3) is 3.63. The summed E-state index contributed by atoms with van der Waals surface area (Å²) in [6.07, 6.45) is 0.246. The van der Waals surface area contributed by atoms with Gasteiger partial charge >= 0.3 is 6.01 Å². The topological polar surface area (TPSA) is 68.0 Å². The van der Waals surface area contributed by atoms with Crippen LogP contribution in [0.1, 0.15) is 16.7 Å². The van der Waals surface area contributed by atoms with Crippen molar-refractivity contribution in [3.63, 3.8) is 0 Å². The fourth-order valence-electron chi connectivity index (χ4n) is 2.40. The van der Waals surface area contributed by atoms with E-state index in [1.165, 1.54) is 0 Å². The number of rotatable bonds is 4. The van der Waals surface area contributed by atoms with Crippen LogP contribution in [0.25, 0.3) is 11.5 Å². The molecule has 6 heteroatoms. The number of amides is 1. The van der Waals surface area contributed by atoms with Gasteiger partial charge in [0.25, 0.3) is 5.89 Å². The van der Waals surface area contributed by atoms with Crippen molar-refractivity contribution in [2.75, 3.05) is 5.32 Å². The SMILES string of the molecule is Cc1ccc(CC(=O)Nc2nnc(-c3ccccc3Cl)o2)c(C)c1. The Morgan fingerprint density at radius 1 is 1.17 bits per heavy atom. The normalized spacial score (nSPS) is 10.6. The van der Waals surface area contributed by atoms with E-state index >= 15 is 0 Å². The predicted octanol–water partition coefficient (Wildman–Crippen LogP) is 4.19. The van der Waals surface area contributed by atoms with E-state index in [2.05, 4.69) is 15.5 Å². The molecule has 0 atom stereocenters. The summed E-state index contributed by atoms with van der Waals surface area (Å²) in [5.74, 6) is 0.0544. The smallest absolute Gasteiger partial charge is 0.322 e. The predicted molar refractivity (Wildman–Crippen MR) is 93.0 cm³/mol. The van der Waals surface area contributed by atoms with Gasteiger partial charge in [-0.3, -0.25) is 10.1 Å². The number of hydrogen-bond acceptors (Lipinski definition) is 4. The van der Waals surface area contributed by atoms with E-state index in [1.807, 2.05) is 44.2 Å². The first-order valence-electron chi connectivity index (χ1n) is 7.47. The van der Waals surface area contributed by atoms with Crippen molar-refractivity contribution in [1.29, 1.82) is 0 Å². The van der Waals surface area contributed by atoms with Crippen LogP contribution in [-0.4, -0.2) is 16.1 Å². The Morgan fingerprint density at radius 3 is 2.71 bits per heavy atom. The van der Waals surface area contributed by atoms with E-state index in [1.54, 1.807) is 12.1 Å². The highest BCUT2D eigenvalue weighted by Crippen LogP contribution is 2.27. The molecule has 1 N–H and O–H groups in total. The second kappa shape index (κ2) is 6.84. The molecule has 0 unspecified atom stereocenters. The van der Waals surface area contributed by atoms with Gasteiger partial charge < -0.3 is 4.42 Å². The summed E-state index contributed by atoms with van der Waals surface area (Å²) in [5, 5.41) is 10.9. The molecule has 3 aromatic rings. The van der Waals surface area contributed by atoms with E-state index in [4.69, 9.17) is 16.0 Å². The lowest BCUT2D eigenvalue weighted by Crippen LogP contribution is -2.15. The third-order valence-electron chi connectivity index (χ3n) is 3.62. The largest absolute Gasteiger partial charge is 0.403 e. The van der Waals surface area contributed by atoms with Gasteiger partial charge in [-0.2, -0.15) is 0 Å². The summed E-state index contributed by atoms with van der Waals surface area (Å²) < 4.78 is 5.47. The molecule has 5 nitrogen and oxygen atoms in total. The van der Waals surface area contributed by atoms with Crippen LogP contribution < -0.4 is 5.32 Å². The number of nitrogens with one attached hydrogen (secondary N) is 1. The van der Waals surface area contributed by atoms with Gasteiger partial charge in [0.2, 0.25) is 5.91 Å². The van der Waals surface area contributed by atoms with Gasteiger partial charge in [-0.1, -0.05) is 52.6 Å². The van der Waals surface area contributed by atoms with E-state index < -0.39 is 0 Å². The van der Waals surface area contributed by atoms with Gasteiger partial charge in [0.15, 0.2) is 0 Å². The highest BCUT2D eigenvalue weighted by atomic mass is 35.5. The number of anilines is 1. The minimum Gasteiger partial charge on any atom is -0.403 e. The number of benzene rings is 2. The molecule has 24 heavy (non-hydrogen) atoms. The molecule has 0 aliphatic rings. The lowest BCUT2D eigenvalue weighted by atomic mass is 10.0. The van der Waals surface area contributed by atoms with Crippen LogP contribution in [0, 0.1) is 13.8 Å². The molecule has 3 rings (SSSR count). The van der Waals surface area contributed by atoms with Crippen molar-refractivity contribution in [1.82, 2.24) is 10.2 Å². The van der Waals surface area contributed by atoms with Gasteiger partial charge in [0.05, 0.1) is 17.0 Å². The molecule has 0 spiro atoms. The molecule has 0 bridgehead atoms. The fraction of sp³-hybridized carbons (Fsp3) is 0.167. The molecule has 0 aliphatic heterocycles. The average molecular weight is 342 g/mol. The molecule has 1 amide bonds. The molecule has 1 aromatic heterocycles. The second-order valence-corrected chi connectivity index (χ2v) is 5.95. The third-order valence-corrected chi connectivity index (χ3v) is 3.95. The summed E-state index contributed by atoms with van der Waals surface area (Å²) in [4.78, 5) is 12.2. The molecule has 0 aliphatic carbocycles. The molecule has 0 fully saturated rings. The molecule has 0 saturated carbocycles. The standard InChI is InChI=1S/C18H16ClN3O2/c1-11-7-8-13(12(2)9-11)10-16(23)20-18-22-21-17(24-18)14-5-3-4-6-15(14)19/h3-9H,10H2,1-2H3,(H,20,22,23). The molecule has 0 radical (unpaired) electrons. The number of carbonyl (C=O) groups excluding carboxylic acids is 1. The summed E-state index contributed by atoms with van der Waals surface area (Å²) in [7, 11) is 0. The number of carbonyl (C=O) groups is 1. The summed E-state index contributed by atoms with van der Waals surface area (Å²) in [5.41, 5.74) is 3.83. The minimum absolute atomic E-state index is 0.0553. The monoisotopic (exact) mass is 341 g/mol. The molecule has 0 saturated heterocycles. The van der Waals surface area contributed by atoms with Crippen LogP contribution in [0.15, 0.2) is 46.9 Å². The Balaban J connectivity index is 1.70. The van der Waals surface area contributed by atoms with Crippen LogP contribution in [0.3, 0.4) is 0 Å². The summed E-state index contributed by atoms with van der Waals surface area (Å²) in [6, 6.07) is 13.2. The maximum atomic E-state index is 12.2. The number of nitrogens with zero attached hydrogens (tertiary/aromatic N) is 2. The second-order valence-electron chi connectivity index (χ2n) is 5.55. The zero-order chi connectivity index (χ0) is 17.1. The maximum absolute atomic E-state index is 12.2. The van der Waals surface area contributed by atoms with E-state index in [9.17, 15) is 4.79 Å². The van der Waals surface area contributed by atoms with E-state index in [-0.39, 0.29) is 24.2 Å². The number of hydrogen-bond donors (Lipinski definition) is 1. The highest BCUT2D eigenvalue weighted by molar-refractivity contribution is 6.33. The molecule has 1 heterocycles. The Hall–Kier alpha value is -2.66. The zero-order valence-electron chi connectivity index (χ0n) is 13.3. The Morgan fingerprint density at radius 2 is 1.96 bits per heavy atom. The molecule has 122 valence electrons. The number of aromatic nitrogens is 2. The molecule has 2 aromatic carbocycles. The van der Waals surface area contributed by atoms with Gasteiger partial charge in [0, 0.05) is 0 Å². The van der Waals surface area contributed by atoms with Gasteiger partial charge in [-0.25, -0.2) is 0 Å². The van der Waals surface area contributed by atoms with Crippen LogP contribution in [0.2, 0.25) is 5.02 Å². The van der Waals surface area contributed by atoms with E-state index in [0.29, 0.717) is 10.6 Å². The Labute approximate surface area is 144 Å². The van der Waals surface area contributed by atoms with Crippen LogP contribution in [0.4, 0.5) is 6.01 Å². The molecular formula is C18H16ClN3O2. The minimum atomic E-state index is -0.212. The Kier molecular flexibility index (Phi) is 4.62. The maximum Gasteiger partial charge on any atom is 0.322 e. The van der Waals surface area contributed by atoms with Crippen molar-refractivity contribution >= 4 is 23.5 Å². The van der Waals surface area contributed by atoms with Crippen molar-refractivity contribution < 1.29 is 9.21 Å². The first kappa shape index (κ1) is 16.2. The zero-order valence-corrected chi connectivity index (χ0v) is 14.1. The van der Waals surface area contributed by atoms with Crippen molar-refractivity contribution in [2.45, 2.75) is 20.3 Å². The van der Waals surface area contributed by atoms with Crippen molar-refractivity contribution in [2.24, 2.45) is 0 Å². The van der Waals surface area contributed by atoms with Gasteiger partial charge in [0.1, 0.15) is 0 Å². The number of aryl methyl sites for hydroxylation is 2.